The van der Waals surface area contributed by atoms with Gasteiger partial charge in [-0.05, 0) is 13.3 Å². The first-order chi connectivity index (χ1) is 6.41. The lowest BCUT2D eigenvalue weighted by atomic mass is 10.3. The Labute approximate surface area is 84.6 Å². The van der Waals surface area contributed by atoms with Gasteiger partial charge in [-0.1, -0.05) is 19.8 Å². The summed E-state index contributed by atoms with van der Waals surface area (Å²) >= 11 is 0. The molecule has 0 radical (unpaired) electrons. The summed E-state index contributed by atoms with van der Waals surface area (Å²) in [5, 5.41) is 7.12. The zero-order valence-corrected chi connectivity index (χ0v) is 9.30. The predicted molar refractivity (Wildman–Crippen MR) is 53.5 cm³/mol. The van der Waals surface area contributed by atoms with Gasteiger partial charge < -0.3 is 5.11 Å². The summed E-state index contributed by atoms with van der Waals surface area (Å²) in [5.41, 5.74) is 0. The molecule has 84 valence electrons. The first-order valence-corrected chi connectivity index (χ1v) is 6.17. The van der Waals surface area contributed by atoms with Crippen LogP contribution in [0.5, 0.6) is 0 Å². The van der Waals surface area contributed by atoms with Crippen LogP contribution in [0.4, 0.5) is 0 Å². The molecule has 0 amide bonds. The first kappa shape index (κ1) is 13.4. The maximum atomic E-state index is 11.2. The van der Waals surface area contributed by atoms with Crippen molar-refractivity contribution in [2.24, 2.45) is 0 Å². The summed E-state index contributed by atoms with van der Waals surface area (Å²) in [6, 6.07) is 0. The van der Waals surface area contributed by atoms with Crippen LogP contribution in [-0.2, 0) is 14.8 Å². The van der Waals surface area contributed by atoms with Crippen molar-refractivity contribution in [1.29, 1.82) is 0 Å². The summed E-state index contributed by atoms with van der Waals surface area (Å²) < 4.78 is 24.8. The fraction of sp³-hybridized carbons (Fsp3) is 0.875. The van der Waals surface area contributed by atoms with E-state index in [1.54, 1.807) is 0 Å². The Balaban J connectivity index is 4.02. The van der Waals surface area contributed by atoms with Gasteiger partial charge in [-0.2, -0.15) is 0 Å². The van der Waals surface area contributed by atoms with Crippen LogP contribution in [0.25, 0.3) is 0 Å². The van der Waals surface area contributed by atoms with Crippen molar-refractivity contribution < 1.29 is 18.3 Å². The number of hydrogen-bond acceptors (Lipinski definition) is 3. The number of hydrogen-bond donors (Lipinski definition) is 2. The molecule has 0 saturated heterocycles. The predicted octanol–water partition coefficient (Wildman–Crippen LogP) is 0.569. The summed E-state index contributed by atoms with van der Waals surface area (Å²) in [4.78, 5) is 10.4. The molecule has 0 bridgehead atoms. The zero-order valence-electron chi connectivity index (χ0n) is 8.49. The largest absolute Gasteiger partial charge is 0.480 e. The van der Waals surface area contributed by atoms with Crippen molar-refractivity contribution in [1.82, 2.24) is 4.72 Å². The van der Waals surface area contributed by atoms with Crippen molar-refractivity contribution in [3.05, 3.63) is 0 Å². The van der Waals surface area contributed by atoms with Crippen molar-refractivity contribution in [2.45, 2.75) is 38.4 Å². The summed E-state index contributed by atoms with van der Waals surface area (Å²) in [7, 11) is -3.69. The number of rotatable bonds is 7. The number of carboxylic acid groups (broad SMARTS) is 1. The lowest BCUT2D eigenvalue weighted by Gasteiger charge is -2.09. The molecule has 5 nitrogen and oxygen atoms in total. The second kappa shape index (κ2) is 5.98. The van der Waals surface area contributed by atoms with Gasteiger partial charge in [-0.3, -0.25) is 4.79 Å². The van der Waals surface area contributed by atoms with Gasteiger partial charge in [-0.15, -0.1) is 0 Å². The van der Waals surface area contributed by atoms with Crippen molar-refractivity contribution in [2.75, 3.05) is 6.54 Å². The molecule has 0 aromatic carbocycles. The molecule has 0 fully saturated rings. The minimum absolute atomic E-state index is 0.313. The molecule has 0 heterocycles. The van der Waals surface area contributed by atoms with Gasteiger partial charge in [0.2, 0.25) is 10.0 Å². The van der Waals surface area contributed by atoms with Gasteiger partial charge in [0.05, 0.1) is 0 Å². The Bertz CT molecular complexity index is 273. The summed E-state index contributed by atoms with van der Waals surface area (Å²) in [5.74, 6) is -1.33. The number of aliphatic carboxylic acids is 1. The Morgan fingerprint density at radius 1 is 1.43 bits per heavy atom. The standard InChI is InChI=1S/C8H17NO4S/c1-3-4-5-6-9-14(12,13)7(2)8(10)11/h7,9H,3-6H2,1-2H3,(H,10,11). The fourth-order valence-electron chi connectivity index (χ4n) is 0.847. The molecule has 0 spiro atoms. The van der Waals surface area contributed by atoms with Gasteiger partial charge in [0.25, 0.3) is 0 Å². The molecule has 2 N–H and O–H groups in total. The molecule has 14 heavy (non-hydrogen) atoms. The van der Waals surface area contributed by atoms with E-state index in [2.05, 4.69) is 4.72 Å². The van der Waals surface area contributed by atoms with E-state index in [4.69, 9.17) is 5.11 Å². The smallest absolute Gasteiger partial charge is 0.323 e. The quantitative estimate of drug-likeness (QED) is 0.618. The Morgan fingerprint density at radius 2 is 2.00 bits per heavy atom. The number of carboxylic acids is 1. The normalized spacial score (nSPS) is 13.9. The van der Waals surface area contributed by atoms with E-state index < -0.39 is 21.2 Å². The van der Waals surface area contributed by atoms with Gasteiger partial charge >= 0.3 is 5.97 Å². The highest BCUT2D eigenvalue weighted by atomic mass is 32.2. The molecule has 0 aliphatic rings. The molecule has 1 unspecified atom stereocenters. The summed E-state index contributed by atoms with van der Waals surface area (Å²) in [6.07, 6.45) is 2.67. The monoisotopic (exact) mass is 223 g/mol. The van der Waals surface area contributed by atoms with Gasteiger partial charge in [0.1, 0.15) is 0 Å². The van der Waals surface area contributed by atoms with E-state index in [1.807, 2.05) is 6.92 Å². The molecule has 6 heteroatoms. The number of carbonyl (C=O) groups is 1. The van der Waals surface area contributed by atoms with Crippen LogP contribution in [0.1, 0.15) is 33.1 Å². The first-order valence-electron chi connectivity index (χ1n) is 4.63. The van der Waals surface area contributed by atoms with Crippen molar-refractivity contribution >= 4 is 16.0 Å². The molecule has 0 aromatic heterocycles. The third kappa shape index (κ3) is 4.57. The highest BCUT2D eigenvalue weighted by Gasteiger charge is 2.26. The second-order valence-electron chi connectivity index (χ2n) is 3.13. The summed E-state index contributed by atoms with van der Waals surface area (Å²) in [6.45, 7) is 3.48. The van der Waals surface area contributed by atoms with E-state index in [-0.39, 0.29) is 0 Å². The van der Waals surface area contributed by atoms with E-state index >= 15 is 0 Å². The van der Waals surface area contributed by atoms with Crippen LogP contribution in [0.2, 0.25) is 0 Å². The number of nitrogens with one attached hydrogen (secondary N) is 1. The highest BCUT2D eigenvalue weighted by molar-refractivity contribution is 7.90. The van der Waals surface area contributed by atoms with E-state index in [0.717, 1.165) is 26.2 Å². The van der Waals surface area contributed by atoms with Crippen molar-refractivity contribution in [3.63, 3.8) is 0 Å². The molecule has 0 rings (SSSR count). The van der Waals surface area contributed by atoms with Crippen LogP contribution in [0.3, 0.4) is 0 Å². The van der Waals surface area contributed by atoms with Crippen LogP contribution < -0.4 is 4.72 Å². The molecule has 0 aromatic rings. The Hall–Kier alpha value is -0.620. The number of unbranched alkanes of at least 4 members (excludes halogenated alkanes) is 2. The SMILES string of the molecule is CCCCCNS(=O)(=O)C(C)C(=O)O. The molecule has 0 aliphatic heterocycles. The lowest BCUT2D eigenvalue weighted by Crippen LogP contribution is -2.37. The van der Waals surface area contributed by atoms with Crippen LogP contribution in [0.15, 0.2) is 0 Å². The Morgan fingerprint density at radius 3 is 2.43 bits per heavy atom. The molecule has 0 aliphatic carbocycles. The van der Waals surface area contributed by atoms with Crippen LogP contribution in [-0.4, -0.2) is 31.3 Å². The minimum Gasteiger partial charge on any atom is -0.480 e. The zero-order chi connectivity index (χ0) is 11.2. The molecule has 1 atom stereocenters. The van der Waals surface area contributed by atoms with Crippen LogP contribution in [0, 0.1) is 0 Å². The Kier molecular flexibility index (Phi) is 5.71. The van der Waals surface area contributed by atoms with Gasteiger partial charge in [0, 0.05) is 6.54 Å². The van der Waals surface area contributed by atoms with Gasteiger partial charge in [0.15, 0.2) is 5.25 Å². The molecular formula is C8H17NO4S. The van der Waals surface area contributed by atoms with Gasteiger partial charge in [-0.25, -0.2) is 13.1 Å². The highest BCUT2D eigenvalue weighted by Crippen LogP contribution is 1.99. The minimum atomic E-state index is -3.69. The second-order valence-corrected chi connectivity index (χ2v) is 5.21. The average molecular weight is 223 g/mol. The van der Waals surface area contributed by atoms with Crippen molar-refractivity contribution in [3.8, 4) is 0 Å². The topological polar surface area (TPSA) is 83.5 Å². The maximum absolute atomic E-state index is 11.2. The van der Waals surface area contributed by atoms with E-state index in [1.165, 1.54) is 0 Å². The average Bonchev–Trinajstić information content (AvgIpc) is 2.11. The van der Waals surface area contributed by atoms with E-state index in [9.17, 15) is 13.2 Å². The molecule has 0 saturated carbocycles. The fourth-order valence-corrected chi connectivity index (χ4v) is 1.79. The third-order valence-electron chi connectivity index (χ3n) is 1.90. The lowest BCUT2D eigenvalue weighted by molar-refractivity contribution is -0.136. The van der Waals surface area contributed by atoms with Crippen LogP contribution >= 0.6 is 0 Å². The maximum Gasteiger partial charge on any atom is 0.323 e. The molecular weight excluding hydrogens is 206 g/mol. The third-order valence-corrected chi connectivity index (χ3v) is 3.64. The number of sulfonamides is 1. The van der Waals surface area contributed by atoms with E-state index in [0.29, 0.717) is 6.54 Å².